The Labute approximate surface area is 109 Å². The summed E-state index contributed by atoms with van der Waals surface area (Å²) in [6, 6.07) is 5.87. The molecule has 0 aromatic heterocycles. The molecule has 0 aliphatic heterocycles. The van der Waals surface area contributed by atoms with Crippen molar-refractivity contribution in [3.8, 4) is 0 Å². The van der Waals surface area contributed by atoms with Crippen molar-refractivity contribution in [1.82, 2.24) is 0 Å². The average Bonchev–Trinajstić information content (AvgIpc) is 2.35. The van der Waals surface area contributed by atoms with E-state index in [-0.39, 0.29) is 5.97 Å². The summed E-state index contributed by atoms with van der Waals surface area (Å²) in [5.74, 6) is -0.0297. The number of carbonyl (C=O) groups is 1. The molecule has 3 heteroatoms. The highest BCUT2D eigenvalue weighted by molar-refractivity contribution is 5.75. The molecule has 2 atom stereocenters. The van der Waals surface area contributed by atoms with Gasteiger partial charge in [0.2, 0.25) is 0 Å². The van der Waals surface area contributed by atoms with E-state index in [9.17, 15) is 4.79 Å². The Morgan fingerprint density at radius 1 is 1.39 bits per heavy atom. The Morgan fingerprint density at radius 3 is 2.56 bits per heavy atom. The maximum atomic E-state index is 11.4. The molecule has 2 unspecified atom stereocenters. The van der Waals surface area contributed by atoms with Crippen molar-refractivity contribution in [3.63, 3.8) is 0 Å². The van der Waals surface area contributed by atoms with Gasteiger partial charge in [0.25, 0.3) is 0 Å². The van der Waals surface area contributed by atoms with Crippen molar-refractivity contribution in [2.24, 2.45) is 5.73 Å². The van der Waals surface area contributed by atoms with E-state index in [1.165, 1.54) is 23.8 Å². The summed E-state index contributed by atoms with van der Waals surface area (Å²) in [6.45, 7) is 6.31. The second-order valence-corrected chi connectivity index (χ2v) is 4.83. The first-order chi connectivity index (χ1) is 8.49. The lowest BCUT2D eigenvalue weighted by atomic mass is 9.87. The molecule has 0 heterocycles. The van der Waals surface area contributed by atoms with Crippen LogP contribution in [-0.2, 0) is 9.53 Å². The summed E-state index contributed by atoms with van der Waals surface area (Å²) in [6.07, 6.45) is 1.60. The van der Waals surface area contributed by atoms with Gasteiger partial charge in [0.05, 0.1) is 7.11 Å². The number of ether oxygens (including phenoxy) is 1. The van der Waals surface area contributed by atoms with Crippen molar-refractivity contribution < 1.29 is 9.53 Å². The highest BCUT2D eigenvalue weighted by Gasteiger charge is 2.21. The van der Waals surface area contributed by atoms with Crippen molar-refractivity contribution in [3.05, 3.63) is 34.9 Å². The average molecular weight is 249 g/mol. The van der Waals surface area contributed by atoms with Gasteiger partial charge in [0, 0.05) is 0 Å². The van der Waals surface area contributed by atoms with Crippen molar-refractivity contribution in [2.75, 3.05) is 7.11 Å². The maximum absolute atomic E-state index is 11.4. The molecular weight excluding hydrogens is 226 g/mol. The van der Waals surface area contributed by atoms with E-state index in [1.807, 2.05) is 0 Å². The summed E-state index contributed by atoms with van der Waals surface area (Å²) in [4.78, 5) is 11.4. The molecule has 0 amide bonds. The molecule has 0 saturated carbocycles. The molecule has 1 aromatic carbocycles. The molecule has 18 heavy (non-hydrogen) atoms. The molecular formula is C15H23NO2. The van der Waals surface area contributed by atoms with E-state index < -0.39 is 6.04 Å². The standard InChI is InChI=1S/C15H23NO2/c1-5-12(9-14(16)15(17)18-4)13-7-6-10(2)8-11(13)3/h6-8,12,14H,5,9,16H2,1-4H3. The largest absolute Gasteiger partial charge is 0.468 e. The second kappa shape index (κ2) is 6.55. The van der Waals surface area contributed by atoms with Gasteiger partial charge in [-0.25, -0.2) is 0 Å². The molecule has 100 valence electrons. The summed E-state index contributed by atoms with van der Waals surface area (Å²) >= 11 is 0. The van der Waals surface area contributed by atoms with Gasteiger partial charge < -0.3 is 10.5 Å². The lowest BCUT2D eigenvalue weighted by Crippen LogP contribution is -2.33. The van der Waals surface area contributed by atoms with Crippen LogP contribution in [0.25, 0.3) is 0 Å². The Balaban J connectivity index is 2.86. The zero-order valence-electron chi connectivity index (χ0n) is 11.7. The third-order valence-electron chi connectivity index (χ3n) is 3.40. The van der Waals surface area contributed by atoms with Gasteiger partial charge in [-0.1, -0.05) is 30.7 Å². The fourth-order valence-corrected chi connectivity index (χ4v) is 2.35. The lowest BCUT2D eigenvalue weighted by Gasteiger charge is -2.20. The molecule has 3 nitrogen and oxygen atoms in total. The Morgan fingerprint density at radius 2 is 2.06 bits per heavy atom. The minimum Gasteiger partial charge on any atom is -0.468 e. The van der Waals surface area contributed by atoms with Gasteiger partial charge in [0.1, 0.15) is 6.04 Å². The Kier molecular flexibility index (Phi) is 5.35. The summed E-state index contributed by atoms with van der Waals surface area (Å²) in [5.41, 5.74) is 9.64. The van der Waals surface area contributed by atoms with Crippen LogP contribution in [0.4, 0.5) is 0 Å². The molecule has 0 aliphatic carbocycles. The number of esters is 1. The Bertz CT molecular complexity index is 415. The topological polar surface area (TPSA) is 52.3 Å². The van der Waals surface area contributed by atoms with Gasteiger partial charge in [-0.05, 0) is 43.7 Å². The van der Waals surface area contributed by atoms with E-state index in [1.54, 1.807) is 0 Å². The predicted octanol–water partition coefficient (Wildman–Crippen LogP) is 2.69. The van der Waals surface area contributed by atoms with Crippen LogP contribution in [-0.4, -0.2) is 19.1 Å². The molecule has 0 radical (unpaired) electrons. The third-order valence-corrected chi connectivity index (χ3v) is 3.40. The van der Waals surface area contributed by atoms with E-state index >= 15 is 0 Å². The zero-order valence-corrected chi connectivity index (χ0v) is 11.7. The summed E-state index contributed by atoms with van der Waals surface area (Å²) in [7, 11) is 1.38. The number of rotatable bonds is 5. The van der Waals surface area contributed by atoms with Crippen LogP contribution < -0.4 is 5.73 Å². The minimum atomic E-state index is -0.541. The maximum Gasteiger partial charge on any atom is 0.322 e. The van der Waals surface area contributed by atoms with Crippen LogP contribution >= 0.6 is 0 Å². The smallest absolute Gasteiger partial charge is 0.322 e. The number of hydrogen-bond acceptors (Lipinski definition) is 3. The quantitative estimate of drug-likeness (QED) is 0.816. The highest BCUT2D eigenvalue weighted by atomic mass is 16.5. The van der Waals surface area contributed by atoms with Gasteiger partial charge in [-0.3, -0.25) is 4.79 Å². The number of nitrogens with two attached hydrogens (primary N) is 1. The van der Waals surface area contributed by atoms with Crippen LogP contribution in [0, 0.1) is 13.8 Å². The number of methoxy groups -OCH3 is 1. The Hall–Kier alpha value is -1.35. The monoisotopic (exact) mass is 249 g/mol. The SMILES string of the molecule is CCC(CC(N)C(=O)OC)c1ccc(C)cc1C. The van der Waals surface area contributed by atoms with E-state index in [4.69, 9.17) is 5.73 Å². The van der Waals surface area contributed by atoms with Crippen LogP contribution in [0.5, 0.6) is 0 Å². The van der Waals surface area contributed by atoms with Crippen molar-refractivity contribution in [1.29, 1.82) is 0 Å². The molecule has 0 spiro atoms. The zero-order chi connectivity index (χ0) is 13.7. The van der Waals surface area contributed by atoms with Gasteiger partial charge in [-0.15, -0.1) is 0 Å². The minimum absolute atomic E-state index is 0.305. The molecule has 1 rings (SSSR count). The second-order valence-electron chi connectivity index (χ2n) is 4.83. The van der Waals surface area contributed by atoms with Gasteiger partial charge in [-0.2, -0.15) is 0 Å². The number of carbonyl (C=O) groups excluding carboxylic acids is 1. The van der Waals surface area contributed by atoms with E-state index in [0.717, 1.165) is 6.42 Å². The fraction of sp³-hybridized carbons (Fsp3) is 0.533. The van der Waals surface area contributed by atoms with Crippen LogP contribution in [0.3, 0.4) is 0 Å². The lowest BCUT2D eigenvalue weighted by molar-refractivity contribution is -0.142. The number of benzene rings is 1. The predicted molar refractivity (Wildman–Crippen MR) is 73.6 cm³/mol. The van der Waals surface area contributed by atoms with Crippen molar-refractivity contribution in [2.45, 2.75) is 45.6 Å². The van der Waals surface area contributed by atoms with Crippen molar-refractivity contribution >= 4 is 5.97 Å². The summed E-state index contributed by atoms with van der Waals surface area (Å²) in [5, 5.41) is 0. The fourth-order valence-electron chi connectivity index (χ4n) is 2.35. The van der Waals surface area contributed by atoms with Crippen LogP contribution in [0.1, 0.15) is 42.4 Å². The number of aryl methyl sites for hydroxylation is 2. The summed E-state index contributed by atoms with van der Waals surface area (Å²) < 4.78 is 4.68. The highest BCUT2D eigenvalue weighted by Crippen LogP contribution is 2.27. The van der Waals surface area contributed by atoms with Crippen LogP contribution in [0.15, 0.2) is 18.2 Å². The molecule has 0 fully saturated rings. The number of hydrogen-bond donors (Lipinski definition) is 1. The molecule has 0 bridgehead atoms. The van der Waals surface area contributed by atoms with Crippen LogP contribution in [0.2, 0.25) is 0 Å². The first-order valence-electron chi connectivity index (χ1n) is 6.40. The molecule has 1 aromatic rings. The first-order valence-corrected chi connectivity index (χ1v) is 6.40. The molecule has 2 N–H and O–H groups in total. The normalized spacial score (nSPS) is 14.1. The van der Waals surface area contributed by atoms with Gasteiger partial charge in [0.15, 0.2) is 0 Å². The third kappa shape index (κ3) is 3.57. The van der Waals surface area contributed by atoms with E-state index in [0.29, 0.717) is 12.3 Å². The van der Waals surface area contributed by atoms with Gasteiger partial charge >= 0.3 is 5.97 Å². The molecule has 0 aliphatic rings. The first kappa shape index (κ1) is 14.7. The van der Waals surface area contributed by atoms with E-state index in [2.05, 4.69) is 43.7 Å². The molecule has 0 saturated heterocycles.